The molecule has 1 atom stereocenters. The number of aryl methyl sites for hydroxylation is 2. The van der Waals surface area contributed by atoms with Crippen molar-refractivity contribution in [2.24, 2.45) is 0 Å². The zero-order chi connectivity index (χ0) is 24.9. The van der Waals surface area contributed by atoms with E-state index >= 15 is 0 Å². The molecule has 7 nitrogen and oxygen atoms in total. The van der Waals surface area contributed by atoms with Crippen LogP contribution in [-0.4, -0.2) is 50.0 Å². The Kier molecular flexibility index (Phi) is 8.66. The van der Waals surface area contributed by atoms with Gasteiger partial charge in [-0.05, 0) is 64.3 Å². The minimum absolute atomic E-state index is 0.0845. The summed E-state index contributed by atoms with van der Waals surface area (Å²) >= 11 is 0. The fourth-order valence-corrected chi connectivity index (χ4v) is 4.38. The van der Waals surface area contributed by atoms with Gasteiger partial charge in [0.25, 0.3) is 0 Å². The van der Waals surface area contributed by atoms with E-state index < -0.39 is 28.5 Å². The maximum atomic E-state index is 13.5. The molecule has 1 N–H and O–H groups in total. The third-order valence-corrected chi connectivity index (χ3v) is 6.72. The molecule has 0 bridgehead atoms. The highest BCUT2D eigenvalue weighted by atomic mass is 32.2. The number of carbonyl (C=O) groups excluding carboxylic acids is 2. The van der Waals surface area contributed by atoms with E-state index in [1.54, 1.807) is 19.1 Å². The Labute approximate surface area is 197 Å². The number of anilines is 1. The van der Waals surface area contributed by atoms with Gasteiger partial charge in [0.2, 0.25) is 21.8 Å². The number of amides is 2. The summed E-state index contributed by atoms with van der Waals surface area (Å²) in [7, 11) is -3.74. The molecule has 8 heteroatoms. The Bertz CT molecular complexity index is 1100. The van der Waals surface area contributed by atoms with Crippen LogP contribution in [0.5, 0.6) is 0 Å². The Morgan fingerprint density at radius 2 is 1.58 bits per heavy atom. The molecule has 33 heavy (non-hydrogen) atoms. The number of benzene rings is 2. The van der Waals surface area contributed by atoms with Gasteiger partial charge in [0.1, 0.15) is 12.6 Å². The molecule has 0 radical (unpaired) electrons. The van der Waals surface area contributed by atoms with Gasteiger partial charge in [-0.25, -0.2) is 8.42 Å². The van der Waals surface area contributed by atoms with Crippen molar-refractivity contribution in [1.29, 1.82) is 0 Å². The lowest BCUT2D eigenvalue weighted by Crippen LogP contribution is -2.52. The largest absolute Gasteiger partial charge is 0.352 e. The number of sulfonamides is 1. The fourth-order valence-electron chi connectivity index (χ4n) is 3.48. The molecule has 2 amide bonds. The molecule has 0 aliphatic heterocycles. The predicted octanol–water partition coefficient (Wildman–Crippen LogP) is 3.32. The van der Waals surface area contributed by atoms with Crippen molar-refractivity contribution >= 4 is 27.5 Å². The predicted molar refractivity (Wildman–Crippen MR) is 133 cm³/mol. The molecule has 1 unspecified atom stereocenters. The van der Waals surface area contributed by atoms with E-state index in [0.717, 1.165) is 32.8 Å². The van der Waals surface area contributed by atoms with Gasteiger partial charge in [-0.1, -0.05) is 42.0 Å². The van der Waals surface area contributed by atoms with Crippen LogP contribution in [0, 0.1) is 20.8 Å². The summed E-state index contributed by atoms with van der Waals surface area (Å²) in [6.45, 7) is 10.8. The lowest BCUT2D eigenvalue weighted by atomic mass is 10.1. The van der Waals surface area contributed by atoms with Crippen LogP contribution in [0.2, 0.25) is 0 Å². The first kappa shape index (κ1) is 26.4. The van der Waals surface area contributed by atoms with E-state index in [-0.39, 0.29) is 18.5 Å². The lowest BCUT2D eigenvalue weighted by Gasteiger charge is -2.32. The number of hydrogen-bond donors (Lipinski definition) is 1. The topological polar surface area (TPSA) is 86.8 Å². The Balaban J connectivity index is 2.43. The summed E-state index contributed by atoms with van der Waals surface area (Å²) < 4.78 is 26.5. The van der Waals surface area contributed by atoms with E-state index in [1.807, 2.05) is 65.0 Å². The molecule has 0 aromatic heterocycles. The smallest absolute Gasteiger partial charge is 0.244 e. The van der Waals surface area contributed by atoms with Crippen molar-refractivity contribution in [2.75, 3.05) is 17.1 Å². The van der Waals surface area contributed by atoms with Gasteiger partial charge in [-0.3, -0.25) is 13.9 Å². The van der Waals surface area contributed by atoms with Crippen molar-refractivity contribution in [3.05, 3.63) is 64.7 Å². The van der Waals surface area contributed by atoms with Crippen LogP contribution in [0.1, 0.15) is 43.0 Å². The molecule has 0 aliphatic rings. The zero-order valence-corrected chi connectivity index (χ0v) is 21.4. The highest BCUT2D eigenvalue weighted by molar-refractivity contribution is 7.92. The highest BCUT2D eigenvalue weighted by Gasteiger charge is 2.30. The summed E-state index contributed by atoms with van der Waals surface area (Å²) in [5.74, 6) is -0.739. The van der Waals surface area contributed by atoms with E-state index in [1.165, 1.54) is 4.90 Å². The van der Waals surface area contributed by atoms with E-state index in [2.05, 4.69) is 5.32 Å². The SMILES string of the molecule is Cc1ccc(CN(C(=O)CN(c2cccc(C)c2C)S(C)(=O)=O)C(C)C(=O)NC(C)C)cc1. The third-order valence-electron chi connectivity index (χ3n) is 5.60. The van der Waals surface area contributed by atoms with Crippen LogP contribution in [0.3, 0.4) is 0 Å². The molecular formula is C25H35N3O4S. The van der Waals surface area contributed by atoms with Crippen LogP contribution >= 0.6 is 0 Å². The normalized spacial score (nSPS) is 12.4. The van der Waals surface area contributed by atoms with Crippen LogP contribution in [0.25, 0.3) is 0 Å². The Hall–Kier alpha value is -2.87. The molecule has 0 saturated carbocycles. The fraction of sp³-hybridized carbons (Fsp3) is 0.440. The average Bonchev–Trinajstić information content (AvgIpc) is 2.72. The quantitative estimate of drug-likeness (QED) is 0.605. The second-order valence-electron chi connectivity index (χ2n) is 8.84. The number of hydrogen-bond acceptors (Lipinski definition) is 4. The summed E-state index contributed by atoms with van der Waals surface area (Å²) in [5, 5.41) is 2.84. The van der Waals surface area contributed by atoms with Crippen molar-refractivity contribution in [3.8, 4) is 0 Å². The molecule has 0 fully saturated rings. The molecule has 0 heterocycles. The number of rotatable bonds is 9. The van der Waals surface area contributed by atoms with Crippen LogP contribution in [0.15, 0.2) is 42.5 Å². The van der Waals surface area contributed by atoms with Crippen molar-refractivity contribution in [1.82, 2.24) is 10.2 Å². The maximum absolute atomic E-state index is 13.5. The maximum Gasteiger partial charge on any atom is 0.244 e. The van der Waals surface area contributed by atoms with Crippen molar-refractivity contribution < 1.29 is 18.0 Å². The van der Waals surface area contributed by atoms with E-state index in [9.17, 15) is 18.0 Å². The van der Waals surface area contributed by atoms with Crippen molar-refractivity contribution in [3.63, 3.8) is 0 Å². The average molecular weight is 474 g/mol. The van der Waals surface area contributed by atoms with Gasteiger partial charge in [0, 0.05) is 12.6 Å². The van der Waals surface area contributed by atoms with Gasteiger partial charge in [0.15, 0.2) is 0 Å². The molecule has 0 spiro atoms. The molecule has 0 aliphatic carbocycles. The van der Waals surface area contributed by atoms with Crippen LogP contribution < -0.4 is 9.62 Å². The van der Waals surface area contributed by atoms with E-state index in [0.29, 0.717) is 5.69 Å². The first-order valence-electron chi connectivity index (χ1n) is 11.0. The summed E-state index contributed by atoms with van der Waals surface area (Å²) in [6, 6.07) is 12.2. The standard InChI is InChI=1S/C25H35N3O4S/c1-17(2)26-25(30)21(6)27(15-22-13-11-18(3)12-14-22)24(29)16-28(33(7,31)32)23-10-8-9-19(4)20(23)5/h8-14,17,21H,15-16H2,1-7H3,(H,26,30). The van der Waals surface area contributed by atoms with Gasteiger partial charge in [0.05, 0.1) is 11.9 Å². The molecule has 180 valence electrons. The third kappa shape index (κ3) is 7.05. The van der Waals surface area contributed by atoms with Gasteiger partial charge >= 0.3 is 0 Å². The lowest BCUT2D eigenvalue weighted by molar-refractivity contribution is -0.139. The van der Waals surface area contributed by atoms with Gasteiger partial charge in [-0.15, -0.1) is 0 Å². The Morgan fingerprint density at radius 3 is 2.12 bits per heavy atom. The second-order valence-corrected chi connectivity index (χ2v) is 10.7. The Morgan fingerprint density at radius 1 is 0.970 bits per heavy atom. The van der Waals surface area contributed by atoms with Gasteiger partial charge < -0.3 is 10.2 Å². The summed E-state index contributed by atoms with van der Waals surface area (Å²) in [4.78, 5) is 27.7. The van der Waals surface area contributed by atoms with Gasteiger partial charge in [-0.2, -0.15) is 0 Å². The minimum Gasteiger partial charge on any atom is -0.352 e. The monoisotopic (exact) mass is 473 g/mol. The number of carbonyl (C=O) groups is 2. The molecular weight excluding hydrogens is 438 g/mol. The summed E-state index contributed by atoms with van der Waals surface area (Å²) in [5.41, 5.74) is 4.11. The molecule has 2 aromatic carbocycles. The molecule has 2 aromatic rings. The first-order chi connectivity index (χ1) is 15.3. The number of nitrogens with one attached hydrogen (secondary N) is 1. The zero-order valence-electron chi connectivity index (χ0n) is 20.5. The molecule has 2 rings (SSSR count). The van der Waals surface area contributed by atoms with E-state index in [4.69, 9.17) is 0 Å². The van der Waals surface area contributed by atoms with Crippen LogP contribution in [-0.2, 0) is 26.2 Å². The number of nitrogens with zero attached hydrogens (tertiary/aromatic N) is 2. The van der Waals surface area contributed by atoms with Crippen LogP contribution in [0.4, 0.5) is 5.69 Å². The minimum atomic E-state index is -3.74. The highest BCUT2D eigenvalue weighted by Crippen LogP contribution is 2.25. The summed E-state index contributed by atoms with van der Waals surface area (Å²) in [6.07, 6.45) is 1.08. The van der Waals surface area contributed by atoms with Crippen molar-refractivity contribution in [2.45, 2.75) is 60.2 Å². The second kappa shape index (κ2) is 10.8. The molecule has 0 saturated heterocycles. The first-order valence-corrected chi connectivity index (χ1v) is 12.9.